The first kappa shape index (κ1) is 14.4. The van der Waals surface area contributed by atoms with Crippen molar-refractivity contribution in [3.05, 3.63) is 65.7 Å². The van der Waals surface area contributed by atoms with Crippen molar-refractivity contribution in [1.82, 2.24) is 10.6 Å². The predicted molar refractivity (Wildman–Crippen MR) is 86.0 cm³/mol. The number of methoxy groups -OCH3 is 1. The highest BCUT2D eigenvalue weighted by molar-refractivity contribution is 5.75. The lowest BCUT2D eigenvalue weighted by molar-refractivity contribution is 0.218. The molecule has 0 spiro atoms. The average Bonchev–Trinajstić information content (AvgIpc) is 2.55. The number of ether oxygens (including phenoxy) is 1. The quantitative estimate of drug-likeness (QED) is 0.911. The second-order valence-corrected chi connectivity index (χ2v) is 5.57. The molecule has 114 valence electrons. The number of rotatable bonds is 4. The van der Waals surface area contributed by atoms with E-state index in [4.69, 9.17) is 4.74 Å². The summed E-state index contributed by atoms with van der Waals surface area (Å²) >= 11 is 0. The molecule has 1 aliphatic rings. The standard InChI is InChI=1S/C18H20N2O2/c1-22-16-9-7-14(8-10-16)17-12-15(19-18(21)20-17)11-13-5-3-2-4-6-13/h2-10,15,17H,11-12H2,1H3,(H2,19,20,21)/t15-,17-/m0/s1. The van der Waals surface area contributed by atoms with E-state index in [1.165, 1.54) is 5.56 Å². The van der Waals surface area contributed by atoms with E-state index >= 15 is 0 Å². The first-order valence-corrected chi connectivity index (χ1v) is 7.49. The van der Waals surface area contributed by atoms with Crippen molar-refractivity contribution in [2.75, 3.05) is 7.11 Å². The Morgan fingerprint density at radius 3 is 2.45 bits per heavy atom. The van der Waals surface area contributed by atoms with Crippen molar-refractivity contribution in [1.29, 1.82) is 0 Å². The monoisotopic (exact) mass is 296 g/mol. The van der Waals surface area contributed by atoms with Gasteiger partial charge in [0.1, 0.15) is 5.75 Å². The summed E-state index contributed by atoms with van der Waals surface area (Å²) in [6.45, 7) is 0. The van der Waals surface area contributed by atoms with Gasteiger partial charge in [-0.3, -0.25) is 0 Å². The van der Waals surface area contributed by atoms with Gasteiger partial charge in [-0.2, -0.15) is 0 Å². The van der Waals surface area contributed by atoms with Crippen LogP contribution in [0.3, 0.4) is 0 Å². The van der Waals surface area contributed by atoms with E-state index in [2.05, 4.69) is 22.8 Å². The normalized spacial score (nSPS) is 20.9. The molecule has 2 N–H and O–H groups in total. The van der Waals surface area contributed by atoms with Gasteiger partial charge >= 0.3 is 6.03 Å². The molecule has 0 saturated carbocycles. The lowest BCUT2D eigenvalue weighted by Gasteiger charge is -2.31. The maximum absolute atomic E-state index is 11.9. The molecule has 3 rings (SSSR count). The van der Waals surface area contributed by atoms with Crippen LogP contribution in [-0.4, -0.2) is 19.2 Å². The third-order valence-corrected chi connectivity index (χ3v) is 4.00. The second-order valence-electron chi connectivity index (χ2n) is 5.57. The van der Waals surface area contributed by atoms with E-state index in [1.54, 1.807) is 7.11 Å². The number of nitrogens with one attached hydrogen (secondary N) is 2. The maximum atomic E-state index is 11.9. The van der Waals surface area contributed by atoms with Gasteiger partial charge in [0.15, 0.2) is 0 Å². The van der Waals surface area contributed by atoms with Gasteiger partial charge in [0.25, 0.3) is 0 Å². The van der Waals surface area contributed by atoms with Crippen LogP contribution in [0.25, 0.3) is 0 Å². The van der Waals surface area contributed by atoms with Gasteiger partial charge < -0.3 is 15.4 Å². The molecule has 2 atom stereocenters. The Morgan fingerprint density at radius 1 is 1.05 bits per heavy atom. The summed E-state index contributed by atoms with van der Waals surface area (Å²) < 4.78 is 5.18. The summed E-state index contributed by atoms with van der Waals surface area (Å²) in [6.07, 6.45) is 1.72. The zero-order chi connectivity index (χ0) is 15.4. The van der Waals surface area contributed by atoms with Gasteiger partial charge in [-0.05, 0) is 36.1 Å². The number of benzene rings is 2. The summed E-state index contributed by atoms with van der Waals surface area (Å²) in [7, 11) is 1.65. The highest BCUT2D eigenvalue weighted by atomic mass is 16.5. The van der Waals surface area contributed by atoms with E-state index in [0.717, 1.165) is 24.2 Å². The molecule has 0 bridgehead atoms. The van der Waals surface area contributed by atoms with Crippen LogP contribution in [0, 0.1) is 0 Å². The van der Waals surface area contributed by atoms with Crippen LogP contribution >= 0.6 is 0 Å². The lowest BCUT2D eigenvalue weighted by atomic mass is 9.93. The summed E-state index contributed by atoms with van der Waals surface area (Å²) in [5.41, 5.74) is 2.34. The van der Waals surface area contributed by atoms with Crippen LogP contribution in [0.15, 0.2) is 54.6 Å². The molecule has 0 radical (unpaired) electrons. The molecule has 4 nitrogen and oxygen atoms in total. The van der Waals surface area contributed by atoms with Crippen LogP contribution in [0.4, 0.5) is 4.79 Å². The van der Waals surface area contributed by atoms with Crippen molar-refractivity contribution < 1.29 is 9.53 Å². The molecular formula is C18H20N2O2. The maximum Gasteiger partial charge on any atom is 0.315 e. The minimum Gasteiger partial charge on any atom is -0.497 e. The fraction of sp³-hybridized carbons (Fsp3) is 0.278. The Morgan fingerprint density at radius 2 is 1.77 bits per heavy atom. The van der Waals surface area contributed by atoms with Crippen LogP contribution in [0.2, 0.25) is 0 Å². The summed E-state index contributed by atoms with van der Waals surface area (Å²) in [5.74, 6) is 0.824. The number of hydrogen-bond donors (Lipinski definition) is 2. The van der Waals surface area contributed by atoms with Gasteiger partial charge in [-0.25, -0.2) is 4.79 Å². The number of urea groups is 1. The fourth-order valence-electron chi connectivity index (χ4n) is 2.88. The lowest BCUT2D eigenvalue weighted by Crippen LogP contribution is -2.51. The number of amides is 2. The van der Waals surface area contributed by atoms with E-state index in [-0.39, 0.29) is 18.1 Å². The molecule has 2 amide bonds. The molecule has 0 unspecified atom stereocenters. The van der Waals surface area contributed by atoms with Crippen LogP contribution in [0.5, 0.6) is 5.75 Å². The molecule has 1 aliphatic heterocycles. The molecule has 1 saturated heterocycles. The number of carbonyl (C=O) groups excluding carboxylic acids is 1. The van der Waals surface area contributed by atoms with E-state index < -0.39 is 0 Å². The topological polar surface area (TPSA) is 50.4 Å². The SMILES string of the molecule is COc1ccc([C@@H]2C[C@H](Cc3ccccc3)NC(=O)N2)cc1. The van der Waals surface area contributed by atoms with Crippen molar-refractivity contribution in [2.45, 2.75) is 24.9 Å². The van der Waals surface area contributed by atoms with Gasteiger partial charge in [0.2, 0.25) is 0 Å². The minimum absolute atomic E-state index is 0.0355. The Kier molecular flexibility index (Phi) is 4.28. The molecule has 2 aromatic carbocycles. The van der Waals surface area contributed by atoms with E-state index in [0.29, 0.717) is 0 Å². The zero-order valence-corrected chi connectivity index (χ0v) is 12.6. The van der Waals surface area contributed by atoms with Gasteiger partial charge in [0.05, 0.1) is 13.2 Å². The zero-order valence-electron chi connectivity index (χ0n) is 12.6. The second kappa shape index (κ2) is 6.52. The van der Waals surface area contributed by atoms with Crippen molar-refractivity contribution in [3.8, 4) is 5.75 Å². The molecular weight excluding hydrogens is 276 g/mol. The third kappa shape index (κ3) is 3.39. The molecule has 2 aromatic rings. The Hall–Kier alpha value is -2.49. The summed E-state index contributed by atoms with van der Waals surface area (Å²) in [5, 5.41) is 6.01. The van der Waals surface area contributed by atoms with Crippen molar-refractivity contribution >= 4 is 6.03 Å². The molecule has 1 fully saturated rings. The molecule has 0 aliphatic carbocycles. The highest BCUT2D eigenvalue weighted by Crippen LogP contribution is 2.24. The molecule has 4 heteroatoms. The van der Waals surface area contributed by atoms with Gasteiger partial charge in [0, 0.05) is 6.04 Å². The fourth-order valence-corrected chi connectivity index (χ4v) is 2.88. The highest BCUT2D eigenvalue weighted by Gasteiger charge is 2.26. The van der Waals surface area contributed by atoms with Crippen LogP contribution in [-0.2, 0) is 6.42 Å². The van der Waals surface area contributed by atoms with Crippen LogP contribution < -0.4 is 15.4 Å². The largest absolute Gasteiger partial charge is 0.497 e. The van der Waals surface area contributed by atoms with Crippen molar-refractivity contribution in [2.24, 2.45) is 0 Å². The minimum atomic E-state index is -0.104. The van der Waals surface area contributed by atoms with Crippen molar-refractivity contribution in [3.63, 3.8) is 0 Å². The molecule has 22 heavy (non-hydrogen) atoms. The predicted octanol–water partition coefficient (Wildman–Crippen LogP) is 3.05. The smallest absolute Gasteiger partial charge is 0.315 e. The Bertz CT molecular complexity index is 625. The first-order chi connectivity index (χ1) is 10.7. The number of hydrogen-bond acceptors (Lipinski definition) is 2. The Labute approximate surface area is 130 Å². The van der Waals surface area contributed by atoms with E-state index in [9.17, 15) is 4.79 Å². The molecule has 0 aromatic heterocycles. The van der Waals surface area contributed by atoms with Crippen LogP contribution in [0.1, 0.15) is 23.6 Å². The number of carbonyl (C=O) groups is 1. The molecule has 1 heterocycles. The summed E-state index contributed by atoms with van der Waals surface area (Å²) in [6, 6.07) is 18.2. The van der Waals surface area contributed by atoms with Gasteiger partial charge in [-0.1, -0.05) is 42.5 Å². The first-order valence-electron chi connectivity index (χ1n) is 7.49. The third-order valence-electron chi connectivity index (χ3n) is 4.00. The van der Waals surface area contributed by atoms with Gasteiger partial charge in [-0.15, -0.1) is 0 Å². The average molecular weight is 296 g/mol. The summed E-state index contributed by atoms with van der Waals surface area (Å²) in [4.78, 5) is 11.9. The Balaban J connectivity index is 1.71. The van der Waals surface area contributed by atoms with E-state index in [1.807, 2.05) is 42.5 Å².